The average Bonchev–Trinajstić information content (AvgIpc) is 1.09. The van der Waals surface area contributed by atoms with Crippen LogP contribution in [-0.2, 0) is 21.7 Å². The molecule has 16 aromatic rings. The zero-order valence-electron chi connectivity index (χ0n) is 66.5. The van der Waals surface area contributed by atoms with Crippen LogP contribution in [0.1, 0.15) is 116 Å². The summed E-state index contributed by atoms with van der Waals surface area (Å²) < 4.78 is 93.4. The molecule has 6 heteroatoms. The Morgan fingerprint density at radius 1 is 0.320 bits per heavy atom. The Labute approximate surface area is 597 Å². The Morgan fingerprint density at radius 3 is 1.10 bits per heavy atom. The van der Waals surface area contributed by atoms with Gasteiger partial charge in [-0.05, 0) is 166 Å². The predicted molar refractivity (Wildman–Crippen MR) is 426 cm³/mol. The average molecular weight is 1300 g/mol. The number of rotatable bonds is 7. The van der Waals surface area contributed by atoms with Crippen molar-refractivity contribution in [1.82, 2.24) is 4.57 Å². The van der Waals surface area contributed by atoms with E-state index in [0.29, 0.717) is 39.4 Å². The quantitative estimate of drug-likeness (QED) is 0.149. The van der Waals surface area contributed by atoms with Crippen molar-refractivity contribution in [2.75, 3.05) is 9.80 Å². The van der Waals surface area contributed by atoms with E-state index in [2.05, 4.69) is 275 Å². The number of anilines is 6. The molecular formula is C94H80BN3O2. The van der Waals surface area contributed by atoms with E-state index in [-0.39, 0.29) is 43.5 Å². The molecule has 0 saturated carbocycles. The van der Waals surface area contributed by atoms with Gasteiger partial charge in [-0.25, -0.2) is 0 Å². The SMILES string of the molecule is [2H]c1c([2H])c([2H])c2c(c1[2H])c1c([2H])c([2H])c([2H])c([2H])c1n2-c1cc2c3c(c1)N(c1c(-c4ccccc4)ccc4oc5ccccc5c14)c1cc(-c4cc(C(C)(C)C)cc(C(C)(C)C)c4)ccc1B3c1ccc(-c3cc(C(C)(C)C)cc(C(C)(C)C)c3)cc1N2c1c(-c2ccccc2)ccc2oc3ccccc3c12. The molecule has 0 spiro atoms. The molecule has 2 aliphatic heterocycles. The van der Waals surface area contributed by atoms with Crippen molar-refractivity contribution in [2.45, 2.75) is 105 Å². The first-order valence-corrected chi connectivity index (χ1v) is 34.8. The van der Waals surface area contributed by atoms with Crippen molar-refractivity contribution in [3.05, 3.63) is 289 Å². The summed E-state index contributed by atoms with van der Waals surface area (Å²) in [5, 5.41) is 3.46. The standard InChI is InChI=1S/C94H80BN3O2/c1-91(2,3)63-47-61(48-64(53-63)92(4,5)6)59-39-43-74-78(51-59)97(89-68(57-27-15-13-16-28-57)41-45-84-86(89)72-33-21-25-37-82(72)99-84)80-55-67(96-76-35-23-19-31-70(76)71-32-20-24-36-77(71)96)56-81-88(80)95(74)75-44-40-60(62-49-65(93(7,8)9)54-66(50-62)94(10,11)12)52-79(75)98(81)90-69(58-29-17-14-18-30-58)42-46-85-87(90)73-34-22-26-38-83(73)100-85/h13-56H,1-12H3/i19D,20D,23D,24D,31D,32D,35D,36D. The third kappa shape index (κ3) is 9.72. The fourth-order valence-electron chi connectivity index (χ4n) is 15.7. The third-order valence-corrected chi connectivity index (χ3v) is 21.0. The van der Waals surface area contributed by atoms with Crippen molar-refractivity contribution in [2.24, 2.45) is 0 Å². The first kappa shape index (κ1) is 53.0. The van der Waals surface area contributed by atoms with Crippen LogP contribution in [0, 0.1) is 0 Å². The topological polar surface area (TPSA) is 37.7 Å². The van der Waals surface area contributed by atoms with Crippen LogP contribution in [-0.4, -0.2) is 11.3 Å². The monoisotopic (exact) mass is 1300 g/mol. The van der Waals surface area contributed by atoms with Gasteiger partial charge in [0.15, 0.2) is 0 Å². The number of fused-ring (bicyclic) bond motifs is 13. The second kappa shape index (κ2) is 22.2. The van der Waals surface area contributed by atoms with Crippen molar-refractivity contribution in [1.29, 1.82) is 0 Å². The summed E-state index contributed by atoms with van der Waals surface area (Å²) >= 11 is 0. The Bertz CT molecular complexity index is 6090. The van der Waals surface area contributed by atoms with E-state index in [9.17, 15) is 11.0 Å². The van der Waals surface area contributed by atoms with Crippen molar-refractivity contribution in [3.8, 4) is 50.2 Å². The summed E-state index contributed by atoms with van der Waals surface area (Å²) in [6.45, 7) is 26.7. The van der Waals surface area contributed by atoms with Gasteiger partial charge in [0.25, 0.3) is 6.71 Å². The lowest BCUT2D eigenvalue weighted by Gasteiger charge is -2.45. The van der Waals surface area contributed by atoms with Gasteiger partial charge in [-0.15, -0.1) is 0 Å². The van der Waals surface area contributed by atoms with Gasteiger partial charge in [0.1, 0.15) is 22.3 Å². The van der Waals surface area contributed by atoms with Gasteiger partial charge in [0, 0.05) is 55.4 Å². The molecule has 5 heterocycles. The van der Waals surface area contributed by atoms with Crippen LogP contribution in [0.2, 0.25) is 0 Å². The summed E-state index contributed by atoms with van der Waals surface area (Å²) in [4.78, 5) is 4.83. The molecule has 2 aliphatic rings. The molecule has 0 unspecified atom stereocenters. The number of benzene rings is 13. The van der Waals surface area contributed by atoms with E-state index in [4.69, 9.17) is 8.83 Å². The molecule has 0 amide bonds. The molecule has 100 heavy (non-hydrogen) atoms. The highest BCUT2D eigenvalue weighted by molar-refractivity contribution is 7.00. The zero-order valence-corrected chi connectivity index (χ0v) is 58.5. The maximum absolute atomic E-state index is 10.2. The lowest BCUT2D eigenvalue weighted by molar-refractivity contribution is 0.568. The molecule has 0 N–H and O–H groups in total. The summed E-state index contributed by atoms with van der Waals surface area (Å²) in [5.41, 5.74) is 22.6. The number of hydrogen-bond donors (Lipinski definition) is 0. The Morgan fingerprint density at radius 2 is 0.700 bits per heavy atom. The molecule has 0 aliphatic carbocycles. The molecule has 0 fully saturated rings. The summed E-state index contributed by atoms with van der Waals surface area (Å²) in [7, 11) is 0. The van der Waals surface area contributed by atoms with Crippen LogP contribution in [0.4, 0.5) is 34.1 Å². The van der Waals surface area contributed by atoms with Gasteiger partial charge in [-0.3, -0.25) is 0 Å². The van der Waals surface area contributed by atoms with Crippen LogP contribution in [0.15, 0.2) is 276 Å². The molecule has 5 nitrogen and oxygen atoms in total. The molecule has 3 aromatic heterocycles. The van der Waals surface area contributed by atoms with Crippen LogP contribution in [0.5, 0.6) is 0 Å². The number of nitrogens with zero attached hydrogens (tertiary/aromatic N) is 3. The van der Waals surface area contributed by atoms with Gasteiger partial charge in [0.05, 0.1) is 49.8 Å². The van der Waals surface area contributed by atoms with Gasteiger partial charge in [-0.2, -0.15) is 0 Å². The van der Waals surface area contributed by atoms with E-state index >= 15 is 0 Å². The van der Waals surface area contributed by atoms with Crippen molar-refractivity contribution >= 4 is 123 Å². The minimum Gasteiger partial charge on any atom is -0.456 e. The molecule has 486 valence electrons. The number of aromatic nitrogens is 1. The first-order chi connectivity index (χ1) is 51.4. The second-order valence-electron chi connectivity index (χ2n) is 31.5. The lowest BCUT2D eigenvalue weighted by atomic mass is 9.33. The van der Waals surface area contributed by atoms with Gasteiger partial charge < -0.3 is 23.2 Å². The summed E-state index contributed by atoms with van der Waals surface area (Å²) in [6, 6.07) is 74.3. The van der Waals surface area contributed by atoms with Crippen LogP contribution in [0.25, 0.3) is 116 Å². The van der Waals surface area contributed by atoms with E-state index < -0.39 is 55.1 Å². The Kier molecular flexibility index (Phi) is 11.8. The highest BCUT2D eigenvalue weighted by Crippen LogP contribution is 2.56. The minimum absolute atomic E-state index is 0.00404. The molecule has 13 aromatic carbocycles. The van der Waals surface area contributed by atoms with Crippen molar-refractivity contribution in [3.63, 3.8) is 0 Å². The summed E-state index contributed by atoms with van der Waals surface area (Å²) in [6.07, 6.45) is 0. The van der Waals surface area contributed by atoms with Crippen molar-refractivity contribution < 1.29 is 19.8 Å². The highest BCUT2D eigenvalue weighted by Gasteiger charge is 2.46. The van der Waals surface area contributed by atoms with E-state index in [1.807, 2.05) is 36.4 Å². The van der Waals surface area contributed by atoms with E-state index in [0.717, 1.165) is 105 Å². The fraction of sp³-hybridized carbons (Fsp3) is 0.170. The Balaban J connectivity index is 1.09. The molecule has 0 saturated heterocycles. The molecular weight excluding hydrogens is 1210 g/mol. The Hall–Kier alpha value is -11.1. The number of furan rings is 2. The predicted octanol–water partition coefficient (Wildman–Crippen LogP) is 24.5. The normalized spacial score (nSPS) is 14.5. The molecule has 0 atom stereocenters. The summed E-state index contributed by atoms with van der Waals surface area (Å²) in [5.74, 6) is 0. The van der Waals surface area contributed by atoms with Crippen LogP contribution >= 0.6 is 0 Å². The van der Waals surface area contributed by atoms with Crippen LogP contribution < -0.4 is 26.2 Å². The third-order valence-electron chi connectivity index (χ3n) is 21.0. The number of para-hydroxylation sites is 4. The first-order valence-electron chi connectivity index (χ1n) is 38.8. The molecule has 18 rings (SSSR count). The van der Waals surface area contributed by atoms with Gasteiger partial charge in [-0.1, -0.05) is 277 Å². The second-order valence-corrected chi connectivity index (χ2v) is 31.5. The van der Waals surface area contributed by atoms with E-state index in [1.54, 1.807) is 4.57 Å². The molecule has 0 radical (unpaired) electrons. The zero-order chi connectivity index (χ0) is 75.4. The van der Waals surface area contributed by atoms with Crippen LogP contribution in [0.3, 0.4) is 0 Å². The minimum atomic E-state index is -0.532. The molecule has 0 bridgehead atoms. The maximum Gasteiger partial charge on any atom is 0.252 e. The number of hydrogen-bond acceptors (Lipinski definition) is 4. The van der Waals surface area contributed by atoms with Gasteiger partial charge in [0.2, 0.25) is 0 Å². The van der Waals surface area contributed by atoms with E-state index in [1.165, 1.54) is 22.3 Å². The highest BCUT2D eigenvalue weighted by atomic mass is 16.3. The largest absolute Gasteiger partial charge is 0.456 e. The smallest absolute Gasteiger partial charge is 0.252 e. The fourth-order valence-corrected chi connectivity index (χ4v) is 15.7. The van der Waals surface area contributed by atoms with Gasteiger partial charge >= 0.3 is 0 Å². The lowest BCUT2D eigenvalue weighted by Crippen LogP contribution is -2.61. The maximum atomic E-state index is 10.2.